The number of carbonyl (C=O) groups is 1. The van der Waals surface area contributed by atoms with Crippen LogP contribution in [0.1, 0.15) is 21.7 Å². The Morgan fingerprint density at radius 3 is 2.66 bits per heavy atom. The third-order valence-electron chi connectivity index (χ3n) is 4.92. The Morgan fingerprint density at radius 1 is 1.10 bits per heavy atom. The van der Waals surface area contributed by atoms with E-state index in [1.54, 1.807) is 24.3 Å². The van der Waals surface area contributed by atoms with E-state index in [4.69, 9.17) is 16.0 Å². The molecule has 1 amide bonds. The lowest BCUT2D eigenvalue weighted by atomic mass is 9.99. The molecule has 3 aromatic rings. The van der Waals surface area contributed by atoms with Crippen molar-refractivity contribution in [2.24, 2.45) is 0 Å². The van der Waals surface area contributed by atoms with Crippen molar-refractivity contribution in [2.45, 2.75) is 13.0 Å². The first kappa shape index (κ1) is 19.7. The van der Waals surface area contributed by atoms with E-state index in [-0.39, 0.29) is 11.7 Å². The normalized spacial score (nSPS) is 14.4. The van der Waals surface area contributed by atoms with Crippen molar-refractivity contribution in [1.82, 2.24) is 4.31 Å². The van der Waals surface area contributed by atoms with Gasteiger partial charge < -0.3 is 9.73 Å². The van der Waals surface area contributed by atoms with Crippen LogP contribution in [-0.2, 0) is 23.0 Å². The molecule has 4 rings (SSSR count). The molecular formula is C21H19ClN2O4S. The molecule has 0 unspecified atom stereocenters. The Kier molecular flexibility index (Phi) is 5.21. The van der Waals surface area contributed by atoms with Crippen molar-refractivity contribution >= 4 is 33.2 Å². The monoisotopic (exact) mass is 430 g/mol. The molecule has 0 bridgehead atoms. The number of fused-ring (bicyclic) bond motifs is 1. The minimum atomic E-state index is -3.25. The third kappa shape index (κ3) is 4.07. The first-order chi connectivity index (χ1) is 13.8. The number of benzene rings is 2. The van der Waals surface area contributed by atoms with Crippen LogP contribution < -0.4 is 5.32 Å². The van der Waals surface area contributed by atoms with Crippen molar-refractivity contribution < 1.29 is 17.6 Å². The predicted molar refractivity (Wildman–Crippen MR) is 113 cm³/mol. The van der Waals surface area contributed by atoms with Crippen LogP contribution in [0.3, 0.4) is 0 Å². The molecule has 0 radical (unpaired) electrons. The molecule has 1 aliphatic heterocycles. The topological polar surface area (TPSA) is 79.6 Å². The molecule has 0 atom stereocenters. The lowest BCUT2D eigenvalue weighted by Crippen LogP contribution is -2.35. The van der Waals surface area contributed by atoms with Gasteiger partial charge in [0.05, 0.1) is 11.3 Å². The molecule has 0 saturated heterocycles. The number of hydrogen-bond donors (Lipinski definition) is 1. The summed E-state index contributed by atoms with van der Waals surface area (Å²) < 4.78 is 30.8. The first-order valence-electron chi connectivity index (χ1n) is 9.05. The summed E-state index contributed by atoms with van der Waals surface area (Å²) in [5.41, 5.74) is 3.21. The molecule has 1 aromatic heterocycles. The van der Waals surface area contributed by atoms with Gasteiger partial charge in [-0.25, -0.2) is 8.42 Å². The summed E-state index contributed by atoms with van der Waals surface area (Å²) in [5.74, 6) is 0.313. The summed E-state index contributed by atoms with van der Waals surface area (Å²) >= 11 is 6.19. The van der Waals surface area contributed by atoms with Gasteiger partial charge in [0.25, 0.3) is 5.91 Å². The van der Waals surface area contributed by atoms with Gasteiger partial charge >= 0.3 is 0 Å². The minimum Gasteiger partial charge on any atom is -0.451 e. The molecule has 1 aliphatic rings. The highest BCUT2D eigenvalue weighted by atomic mass is 35.5. The maximum atomic E-state index is 12.7. The van der Waals surface area contributed by atoms with E-state index in [0.29, 0.717) is 41.5 Å². The summed E-state index contributed by atoms with van der Waals surface area (Å²) in [6.45, 7) is 0.686. The van der Waals surface area contributed by atoms with Crippen molar-refractivity contribution in [2.75, 3.05) is 18.1 Å². The summed E-state index contributed by atoms with van der Waals surface area (Å²) in [6, 6.07) is 16.1. The number of rotatable bonds is 4. The second kappa shape index (κ2) is 7.67. The van der Waals surface area contributed by atoms with Gasteiger partial charge in [-0.2, -0.15) is 4.31 Å². The zero-order valence-electron chi connectivity index (χ0n) is 15.7. The van der Waals surface area contributed by atoms with Crippen LogP contribution in [0.4, 0.5) is 5.69 Å². The van der Waals surface area contributed by atoms with Gasteiger partial charge in [-0.3, -0.25) is 4.79 Å². The van der Waals surface area contributed by atoms with Crippen LogP contribution in [0.5, 0.6) is 0 Å². The van der Waals surface area contributed by atoms with Gasteiger partial charge in [0, 0.05) is 24.3 Å². The van der Waals surface area contributed by atoms with Gasteiger partial charge in [0.2, 0.25) is 10.0 Å². The predicted octanol–water partition coefficient (Wildman–Crippen LogP) is 4.17. The standard InChI is InChI=1S/C21H19ClN2O4S/c1-29(26,27)24-12-11-15-14(13-24)5-4-8-18(15)23-21(25)20-10-9-19(28-20)16-6-2-3-7-17(16)22/h2-10H,11-13H2,1H3,(H,23,25). The van der Waals surface area contributed by atoms with E-state index >= 15 is 0 Å². The Balaban J connectivity index is 1.56. The van der Waals surface area contributed by atoms with E-state index in [1.807, 2.05) is 30.3 Å². The van der Waals surface area contributed by atoms with E-state index < -0.39 is 10.0 Å². The highest BCUT2D eigenvalue weighted by molar-refractivity contribution is 7.88. The quantitative estimate of drug-likeness (QED) is 0.673. The van der Waals surface area contributed by atoms with Crippen LogP contribution in [0, 0.1) is 0 Å². The second-order valence-electron chi connectivity index (χ2n) is 6.89. The summed E-state index contributed by atoms with van der Waals surface area (Å²) in [6.07, 6.45) is 1.74. The summed E-state index contributed by atoms with van der Waals surface area (Å²) in [4.78, 5) is 12.7. The molecule has 6 nitrogen and oxygen atoms in total. The molecule has 2 heterocycles. The van der Waals surface area contributed by atoms with Gasteiger partial charge in [-0.05, 0) is 47.9 Å². The zero-order valence-corrected chi connectivity index (χ0v) is 17.3. The SMILES string of the molecule is CS(=O)(=O)N1CCc2c(cccc2NC(=O)c2ccc(-c3ccccc3Cl)o2)C1. The fourth-order valence-corrected chi connectivity index (χ4v) is 4.46. The number of nitrogens with zero attached hydrogens (tertiary/aromatic N) is 1. The maximum absolute atomic E-state index is 12.7. The number of carbonyl (C=O) groups excluding carboxylic acids is 1. The molecule has 150 valence electrons. The van der Waals surface area contributed by atoms with Crippen LogP contribution in [-0.4, -0.2) is 31.4 Å². The summed E-state index contributed by atoms with van der Waals surface area (Å²) in [5, 5.41) is 3.43. The van der Waals surface area contributed by atoms with Crippen LogP contribution in [0.25, 0.3) is 11.3 Å². The molecule has 0 aliphatic carbocycles. The Bertz CT molecular complexity index is 1190. The average Bonchev–Trinajstić information content (AvgIpc) is 3.17. The van der Waals surface area contributed by atoms with E-state index in [2.05, 4.69) is 5.32 Å². The van der Waals surface area contributed by atoms with Crippen molar-refractivity contribution in [1.29, 1.82) is 0 Å². The van der Waals surface area contributed by atoms with Gasteiger partial charge in [0.1, 0.15) is 5.76 Å². The number of halogens is 1. The number of sulfonamides is 1. The Morgan fingerprint density at radius 2 is 1.90 bits per heavy atom. The highest BCUT2D eigenvalue weighted by Gasteiger charge is 2.25. The third-order valence-corrected chi connectivity index (χ3v) is 6.50. The van der Waals surface area contributed by atoms with Crippen molar-refractivity contribution in [3.05, 3.63) is 76.5 Å². The van der Waals surface area contributed by atoms with Gasteiger partial charge in [0.15, 0.2) is 5.76 Å². The molecule has 0 saturated carbocycles. The summed E-state index contributed by atoms with van der Waals surface area (Å²) in [7, 11) is -3.25. The highest BCUT2D eigenvalue weighted by Crippen LogP contribution is 2.30. The van der Waals surface area contributed by atoms with Gasteiger partial charge in [-0.1, -0.05) is 35.9 Å². The molecular weight excluding hydrogens is 412 g/mol. The van der Waals surface area contributed by atoms with Gasteiger partial charge in [-0.15, -0.1) is 0 Å². The van der Waals surface area contributed by atoms with Crippen LogP contribution >= 0.6 is 11.6 Å². The second-order valence-corrected chi connectivity index (χ2v) is 9.28. The molecule has 29 heavy (non-hydrogen) atoms. The lowest BCUT2D eigenvalue weighted by molar-refractivity contribution is 0.0997. The molecule has 0 fully saturated rings. The first-order valence-corrected chi connectivity index (χ1v) is 11.3. The van der Waals surface area contributed by atoms with E-state index in [1.165, 1.54) is 10.6 Å². The minimum absolute atomic E-state index is 0.172. The number of amides is 1. The van der Waals surface area contributed by atoms with Crippen molar-refractivity contribution in [3.63, 3.8) is 0 Å². The average molecular weight is 431 g/mol. The lowest BCUT2D eigenvalue weighted by Gasteiger charge is -2.28. The van der Waals surface area contributed by atoms with E-state index in [9.17, 15) is 13.2 Å². The fourth-order valence-electron chi connectivity index (χ4n) is 3.43. The van der Waals surface area contributed by atoms with Crippen LogP contribution in [0.15, 0.2) is 59.0 Å². The fraction of sp³-hybridized carbons (Fsp3) is 0.190. The molecule has 0 spiro atoms. The molecule has 2 aromatic carbocycles. The van der Waals surface area contributed by atoms with Crippen LogP contribution in [0.2, 0.25) is 5.02 Å². The maximum Gasteiger partial charge on any atom is 0.291 e. The largest absolute Gasteiger partial charge is 0.451 e. The molecule has 8 heteroatoms. The van der Waals surface area contributed by atoms with E-state index in [0.717, 1.165) is 11.1 Å². The van der Waals surface area contributed by atoms with Crippen molar-refractivity contribution in [3.8, 4) is 11.3 Å². The smallest absolute Gasteiger partial charge is 0.291 e. The Hall–Kier alpha value is -2.61. The number of nitrogens with one attached hydrogen (secondary N) is 1. The zero-order chi connectivity index (χ0) is 20.6. The number of hydrogen-bond acceptors (Lipinski definition) is 4. The Labute approximate surface area is 174 Å². The number of furan rings is 1. The number of anilines is 1. The molecule has 1 N–H and O–H groups in total.